The van der Waals surface area contributed by atoms with E-state index in [0.29, 0.717) is 29.7 Å². The van der Waals surface area contributed by atoms with Crippen molar-refractivity contribution in [1.29, 1.82) is 0 Å². The first-order valence-corrected chi connectivity index (χ1v) is 12.1. The number of sulfone groups is 1. The van der Waals surface area contributed by atoms with E-state index in [2.05, 4.69) is 27.9 Å². The second-order valence-electron chi connectivity index (χ2n) is 7.90. The number of fused-ring (bicyclic) bond motifs is 1. The number of aryl methyl sites for hydroxylation is 1. The number of rotatable bonds is 4. The molecule has 160 valence electrons. The lowest BCUT2D eigenvalue weighted by Crippen LogP contribution is -2.26. The molecule has 0 N–H and O–H groups in total. The monoisotopic (exact) mass is 442 g/mol. The Hall–Kier alpha value is -3.56. The van der Waals surface area contributed by atoms with Crippen molar-refractivity contribution in [3.05, 3.63) is 94.3 Å². The normalized spacial score (nSPS) is 15.1. The third-order valence-electron chi connectivity index (χ3n) is 5.27. The highest BCUT2D eigenvalue weighted by molar-refractivity contribution is 7.90. The largest absolute Gasteiger partial charge is 0.292 e. The molecule has 0 saturated heterocycles. The number of benzene rings is 2. The number of ketones is 1. The van der Waals surface area contributed by atoms with E-state index in [1.165, 1.54) is 11.8 Å². The molecule has 1 unspecified atom stereocenters. The lowest BCUT2D eigenvalue weighted by Gasteiger charge is -2.17. The lowest BCUT2D eigenvalue weighted by molar-refractivity contribution is 0.0960. The number of aromatic nitrogens is 1. The molecule has 1 aromatic heterocycles. The molecule has 0 aliphatic carbocycles. The molecule has 32 heavy (non-hydrogen) atoms. The van der Waals surface area contributed by atoms with E-state index in [-0.39, 0.29) is 10.7 Å². The van der Waals surface area contributed by atoms with Crippen molar-refractivity contribution in [1.82, 2.24) is 4.98 Å². The van der Waals surface area contributed by atoms with Crippen molar-refractivity contribution in [2.75, 3.05) is 6.26 Å². The van der Waals surface area contributed by atoms with Crippen LogP contribution in [-0.4, -0.2) is 37.7 Å². The standard InChI is InChI=1S/C26H22N2O3S/c1-18-5-3-6-19(13-18)7-4-8-22-15-24-21(16-27-22)17-28-25(26(24)29)14-20-9-11-23(12-10-20)32(2,30)31/h3,5-6,9-13,15-17,25H,7,14H2,1-2H3. The van der Waals surface area contributed by atoms with Crippen LogP contribution in [0.1, 0.15) is 38.3 Å². The van der Waals surface area contributed by atoms with E-state index in [9.17, 15) is 13.2 Å². The predicted molar refractivity (Wildman–Crippen MR) is 125 cm³/mol. The van der Waals surface area contributed by atoms with Gasteiger partial charge in [-0.05, 0) is 42.2 Å². The van der Waals surface area contributed by atoms with E-state index in [0.717, 1.165) is 11.1 Å². The van der Waals surface area contributed by atoms with Gasteiger partial charge in [0.2, 0.25) is 0 Å². The average Bonchev–Trinajstić information content (AvgIpc) is 2.76. The van der Waals surface area contributed by atoms with E-state index >= 15 is 0 Å². The maximum Gasteiger partial charge on any atom is 0.188 e. The van der Waals surface area contributed by atoms with E-state index in [1.54, 1.807) is 42.7 Å². The van der Waals surface area contributed by atoms with Gasteiger partial charge in [-0.25, -0.2) is 13.4 Å². The van der Waals surface area contributed by atoms with Crippen molar-refractivity contribution >= 4 is 21.8 Å². The Bertz CT molecular complexity index is 1380. The summed E-state index contributed by atoms with van der Waals surface area (Å²) in [5, 5.41) is 0. The summed E-state index contributed by atoms with van der Waals surface area (Å²) in [5.41, 5.74) is 4.98. The zero-order valence-electron chi connectivity index (χ0n) is 17.9. The summed E-state index contributed by atoms with van der Waals surface area (Å²) in [6.45, 7) is 2.05. The molecule has 4 rings (SSSR count). The van der Waals surface area contributed by atoms with Gasteiger partial charge in [0.05, 0.1) is 4.90 Å². The van der Waals surface area contributed by atoms with Crippen molar-refractivity contribution in [2.24, 2.45) is 4.99 Å². The smallest absolute Gasteiger partial charge is 0.188 e. The summed E-state index contributed by atoms with van der Waals surface area (Å²) in [6, 6.07) is 15.9. The summed E-state index contributed by atoms with van der Waals surface area (Å²) in [5.74, 6) is 6.10. The number of pyridine rings is 1. The molecule has 5 nitrogen and oxygen atoms in total. The van der Waals surface area contributed by atoms with Crippen LogP contribution in [0.4, 0.5) is 0 Å². The molecule has 1 aliphatic rings. The highest BCUT2D eigenvalue weighted by atomic mass is 32.2. The molecule has 6 heteroatoms. The van der Waals surface area contributed by atoms with Gasteiger partial charge < -0.3 is 0 Å². The Morgan fingerprint density at radius 1 is 1.03 bits per heavy atom. The van der Waals surface area contributed by atoms with Gasteiger partial charge in [0, 0.05) is 42.6 Å². The third kappa shape index (κ3) is 5.01. The van der Waals surface area contributed by atoms with E-state index in [1.807, 2.05) is 25.1 Å². The topological polar surface area (TPSA) is 76.5 Å². The molecule has 0 radical (unpaired) electrons. The lowest BCUT2D eigenvalue weighted by atomic mass is 9.93. The Morgan fingerprint density at radius 3 is 2.53 bits per heavy atom. The molecular formula is C26H22N2O3S. The summed E-state index contributed by atoms with van der Waals surface area (Å²) >= 11 is 0. The number of carbonyl (C=O) groups excluding carboxylic acids is 1. The van der Waals surface area contributed by atoms with Crippen molar-refractivity contribution in [3.8, 4) is 11.8 Å². The molecule has 0 amide bonds. The molecule has 3 aromatic rings. The van der Waals surface area contributed by atoms with Gasteiger partial charge in [0.15, 0.2) is 15.6 Å². The van der Waals surface area contributed by atoms with Crippen LogP contribution in [0.2, 0.25) is 0 Å². The maximum absolute atomic E-state index is 13.0. The first kappa shape index (κ1) is 21.7. The minimum atomic E-state index is -3.25. The molecular weight excluding hydrogens is 420 g/mol. The third-order valence-corrected chi connectivity index (χ3v) is 6.40. The van der Waals surface area contributed by atoms with Crippen molar-refractivity contribution in [3.63, 3.8) is 0 Å². The van der Waals surface area contributed by atoms with Crippen LogP contribution in [0, 0.1) is 18.8 Å². The fourth-order valence-corrected chi connectivity index (χ4v) is 4.20. The second kappa shape index (κ2) is 8.89. The van der Waals surface area contributed by atoms with Crippen LogP contribution in [-0.2, 0) is 22.7 Å². The quantitative estimate of drug-likeness (QED) is 0.579. The highest BCUT2D eigenvalue weighted by Crippen LogP contribution is 2.20. The van der Waals surface area contributed by atoms with Gasteiger partial charge in [-0.1, -0.05) is 47.9 Å². The van der Waals surface area contributed by atoms with E-state index < -0.39 is 15.9 Å². The van der Waals surface area contributed by atoms with Gasteiger partial charge in [-0.15, -0.1) is 0 Å². The molecule has 0 spiro atoms. The van der Waals surface area contributed by atoms with Crippen LogP contribution in [0.3, 0.4) is 0 Å². The molecule has 1 atom stereocenters. The first-order chi connectivity index (χ1) is 15.3. The Labute approximate surface area is 188 Å². The molecule has 2 heterocycles. The van der Waals surface area contributed by atoms with Crippen LogP contribution in [0.5, 0.6) is 0 Å². The molecule has 1 aliphatic heterocycles. The predicted octanol–water partition coefficient (Wildman–Crippen LogP) is 3.61. The fraction of sp³-hybridized carbons (Fsp3) is 0.192. The van der Waals surface area contributed by atoms with E-state index in [4.69, 9.17) is 0 Å². The number of aliphatic imine (C=N–C) groups is 1. The van der Waals surface area contributed by atoms with Crippen LogP contribution < -0.4 is 0 Å². The van der Waals surface area contributed by atoms with Gasteiger partial charge >= 0.3 is 0 Å². The highest BCUT2D eigenvalue weighted by Gasteiger charge is 2.25. The Morgan fingerprint density at radius 2 is 1.81 bits per heavy atom. The number of hydrogen-bond donors (Lipinski definition) is 0. The minimum Gasteiger partial charge on any atom is -0.292 e. The minimum absolute atomic E-state index is 0.0844. The Kier molecular flexibility index (Phi) is 6.02. The summed E-state index contributed by atoms with van der Waals surface area (Å²) < 4.78 is 23.3. The van der Waals surface area contributed by atoms with Gasteiger partial charge in [0.25, 0.3) is 0 Å². The fourth-order valence-electron chi connectivity index (χ4n) is 3.57. The van der Waals surface area contributed by atoms with Gasteiger partial charge in [-0.3, -0.25) is 9.79 Å². The van der Waals surface area contributed by atoms with Crippen molar-refractivity contribution in [2.45, 2.75) is 30.7 Å². The second-order valence-corrected chi connectivity index (χ2v) is 9.92. The Balaban J connectivity index is 1.49. The summed E-state index contributed by atoms with van der Waals surface area (Å²) in [7, 11) is -3.25. The number of nitrogens with zero attached hydrogens (tertiary/aromatic N) is 2. The summed E-state index contributed by atoms with van der Waals surface area (Å²) in [4.78, 5) is 22.0. The molecule has 2 aromatic carbocycles. The number of hydrogen-bond acceptors (Lipinski definition) is 5. The van der Waals surface area contributed by atoms with Crippen LogP contribution >= 0.6 is 0 Å². The van der Waals surface area contributed by atoms with Crippen LogP contribution in [0.15, 0.2) is 70.7 Å². The first-order valence-electron chi connectivity index (χ1n) is 10.2. The van der Waals surface area contributed by atoms with Gasteiger partial charge in [-0.2, -0.15) is 0 Å². The SMILES string of the molecule is Cc1cccc(CC#Cc2cc3c(cn2)C=NC(Cc2ccc(S(C)(=O)=O)cc2)C3=O)c1. The van der Waals surface area contributed by atoms with Gasteiger partial charge in [0.1, 0.15) is 11.7 Å². The van der Waals surface area contributed by atoms with Crippen molar-refractivity contribution < 1.29 is 13.2 Å². The number of Topliss-reactive ketones (excluding diaryl/α,β-unsaturated/α-hetero) is 1. The molecule has 0 bridgehead atoms. The molecule has 0 saturated carbocycles. The zero-order valence-corrected chi connectivity index (χ0v) is 18.7. The zero-order chi connectivity index (χ0) is 22.7. The average molecular weight is 443 g/mol. The maximum atomic E-state index is 13.0. The molecule has 0 fully saturated rings. The summed E-state index contributed by atoms with van der Waals surface area (Å²) in [6.07, 6.45) is 5.48. The van der Waals surface area contributed by atoms with Crippen LogP contribution in [0.25, 0.3) is 0 Å². The number of carbonyl (C=O) groups is 1.